The van der Waals surface area contributed by atoms with Crippen LogP contribution in [0.4, 0.5) is 0 Å². The average Bonchev–Trinajstić information content (AvgIpc) is 3.11. The molecule has 2 aliphatic carbocycles. The van der Waals surface area contributed by atoms with Gasteiger partial charge in [-0.15, -0.1) is 0 Å². The Kier molecular flexibility index (Phi) is 3.98. The minimum absolute atomic E-state index is 0.00181. The van der Waals surface area contributed by atoms with E-state index in [-0.39, 0.29) is 22.7 Å². The van der Waals surface area contributed by atoms with E-state index in [0.717, 1.165) is 24.8 Å². The van der Waals surface area contributed by atoms with Crippen molar-refractivity contribution in [1.82, 2.24) is 0 Å². The smallest absolute Gasteiger partial charge is 0.310 e. The van der Waals surface area contributed by atoms with Gasteiger partial charge in [-0.1, -0.05) is 70.2 Å². The molecule has 0 spiro atoms. The number of ether oxygens (including phenoxy) is 1. The van der Waals surface area contributed by atoms with Crippen molar-refractivity contribution in [3.05, 3.63) is 59.2 Å². The summed E-state index contributed by atoms with van der Waals surface area (Å²) in [6.45, 7) is 9.01. The largest absolute Gasteiger partial charge is 0.461 e. The lowest BCUT2D eigenvalue weighted by Crippen LogP contribution is -2.12. The standard InChI is InChI=1S/C24H28O2/c1-23(2)21(24(23,3)4)22(25)26-15-17-11-8-14-20-18-12-6-5-9-16(18)10-7-13-19(17)20/h5-6,8-9,11-12,14,21H,7,10,13,15H2,1-4H3. The first-order chi connectivity index (χ1) is 12.3. The lowest BCUT2D eigenvalue weighted by atomic mass is 9.93. The van der Waals surface area contributed by atoms with Crippen molar-refractivity contribution in [3.63, 3.8) is 0 Å². The number of hydrogen-bond acceptors (Lipinski definition) is 2. The Morgan fingerprint density at radius 2 is 1.65 bits per heavy atom. The second kappa shape index (κ2) is 5.97. The molecular weight excluding hydrogens is 320 g/mol. The van der Waals surface area contributed by atoms with Gasteiger partial charge in [-0.2, -0.15) is 0 Å². The van der Waals surface area contributed by atoms with Crippen molar-refractivity contribution in [2.24, 2.45) is 16.7 Å². The Labute approximate surface area is 156 Å². The number of rotatable bonds is 3. The van der Waals surface area contributed by atoms with Gasteiger partial charge in [-0.3, -0.25) is 4.79 Å². The van der Waals surface area contributed by atoms with Crippen LogP contribution in [-0.4, -0.2) is 5.97 Å². The van der Waals surface area contributed by atoms with Crippen molar-refractivity contribution < 1.29 is 9.53 Å². The van der Waals surface area contributed by atoms with Crippen molar-refractivity contribution in [1.29, 1.82) is 0 Å². The second-order valence-corrected chi connectivity index (χ2v) is 8.94. The molecule has 0 bridgehead atoms. The highest BCUT2D eigenvalue weighted by molar-refractivity contribution is 5.79. The Morgan fingerprint density at radius 1 is 0.962 bits per heavy atom. The van der Waals surface area contributed by atoms with Crippen LogP contribution in [0.3, 0.4) is 0 Å². The zero-order chi connectivity index (χ0) is 18.5. The normalized spacial score (nSPS) is 19.8. The van der Waals surface area contributed by atoms with Crippen LogP contribution in [0.2, 0.25) is 0 Å². The number of esters is 1. The van der Waals surface area contributed by atoms with Gasteiger partial charge in [0.2, 0.25) is 0 Å². The van der Waals surface area contributed by atoms with Crippen LogP contribution in [-0.2, 0) is 29.0 Å². The third-order valence-electron chi connectivity index (χ3n) is 7.08. The van der Waals surface area contributed by atoms with E-state index < -0.39 is 0 Å². The zero-order valence-electron chi connectivity index (χ0n) is 16.3. The number of hydrogen-bond donors (Lipinski definition) is 0. The predicted octanol–water partition coefficient (Wildman–Crippen LogP) is 5.57. The van der Waals surface area contributed by atoms with Gasteiger partial charge in [0.05, 0.1) is 5.92 Å². The summed E-state index contributed by atoms with van der Waals surface area (Å²) >= 11 is 0. The molecule has 136 valence electrons. The fourth-order valence-electron chi connectivity index (χ4n) is 4.79. The molecule has 2 aromatic carbocycles. The van der Waals surface area contributed by atoms with E-state index in [0.29, 0.717) is 6.61 Å². The van der Waals surface area contributed by atoms with Crippen LogP contribution in [0.5, 0.6) is 0 Å². The van der Waals surface area contributed by atoms with Crippen LogP contribution in [0.15, 0.2) is 42.5 Å². The number of benzene rings is 2. The fraction of sp³-hybridized carbons (Fsp3) is 0.458. The Morgan fingerprint density at radius 3 is 2.38 bits per heavy atom. The molecule has 0 aliphatic heterocycles. The molecule has 1 fully saturated rings. The fourth-order valence-corrected chi connectivity index (χ4v) is 4.79. The summed E-state index contributed by atoms with van der Waals surface area (Å²) in [7, 11) is 0. The van der Waals surface area contributed by atoms with Gasteiger partial charge >= 0.3 is 5.97 Å². The molecule has 2 heteroatoms. The molecule has 2 nitrogen and oxygen atoms in total. The minimum Gasteiger partial charge on any atom is -0.461 e. The van der Waals surface area contributed by atoms with Gasteiger partial charge in [-0.05, 0) is 57.9 Å². The van der Waals surface area contributed by atoms with Crippen LogP contribution >= 0.6 is 0 Å². The highest BCUT2D eigenvalue weighted by Crippen LogP contribution is 2.68. The summed E-state index contributed by atoms with van der Waals surface area (Å²) in [5.74, 6) is -0.0512. The molecule has 0 N–H and O–H groups in total. The van der Waals surface area contributed by atoms with E-state index in [1.54, 1.807) is 0 Å². The Balaban J connectivity index is 1.58. The maximum absolute atomic E-state index is 12.6. The Bertz CT molecular complexity index is 846. The average molecular weight is 348 g/mol. The molecule has 0 unspecified atom stereocenters. The molecule has 0 radical (unpaired) electrons. The zero-order valence-corrected chi connectivity index (χ0v) is 16.3. The first-order valence-electron chi connectivity index (χ1n) is 9.69. The summed E-state index contributed by atoms with van der Waals surface area (Å²) in [6.07, 6.45) is 3.28. The molecule has 1 saturated carbocycles. The Hall–Kier alpha value is -2.09. The highest BCUT2D eigenvalue weighted by Gasteiger charge is 2.69. The monoisotopic (exact) mass is 348 g/mol. The highest BCUT2D eigenvalue weighted by atomic mass is 16.5. The summed E-state index contributed by atoms with van der Waals surface area (Å²) in [5, 5.41) is 0. The molecule has 0 saturated heterocycles. The van der Waals surface area contributed by atoms with Crippen molar-refractivity contribution in [2.45, 2.75) is 53.6 Å². The quantitative estimate of drug-likeness (QED) is 0.678. The first kappa shape index (κ1) is 17.3. The van der Waals surface area contributed by atoms with Gasteiger partial charge in [-0.25, -0.2) is 0 Å². The van der Waals surface area contributed by atoms with Crippen LogP contribution in [0.1, 0.15) is 50.8 Å². The SMILES string of the molecule is CC1(C)C(C(=O)OCc2cccc3c2CCCc2ccccc2-3)C1(C)C. The summed E-state index contributed by atoms with van der Waals surface area (Å²) in [6, 6.07) is 15.1. The number of aryl methyl sites for hydroxylation is 1. The lowest BCUT2D eigenvalue weighted by Gasteiger charge is -2.14. The number of fused-ring (bicyclic) bond motifs is 3. The third kappa shape index (κ3) is 2.58. The van der Waals surface area contributed by atoms with Crippen molar-refractivity contribution >= 4 is 5.97 Å². The van der Waals surface area contributed by atoms with Crippen molar-refractivity contribution in [3.8, 4) is 11.1 Å². The van der Waals surface area contributed by atoms with E-state index in [9.17, 15) is 4.79 Å². The molecule has 0 aromatic heterocycles. The predicted molar refractivity (Wildman–Crippen MR) is 105 cm³/mol. The molecule has 4 rings (SSSR count). The van der Waals surface area contributed by atoms with Crippen LogP contribution in [0.25, 0.3) is 11.1 Å². The molecule has 0 atom stereocenters. The topological polar surface area (TPSA) is 26.3 Å². The van der Waals surface area contributed by atoms with Crippen molar-refractivity contribution in [2.75, 3.05) is 0 Å². The third-order valence-corrected chi connectivity index (χ3v) is 7.08. The second-order valence-electron chi connectivity index (χ2n) is 8.94. The van der Waals surface area contributed by atoms with E-state index in [1.165, 1.54) is 22.3 Å². The maximum atomic E-state index is 12.6. The van der Waals surface area contributed by atoms with Gasteiger partial charge in [0.15, 0.2) is 0 Å². The van der Waals surface area contributed by atoms with Gasteiger partial charge < -0.3 is 4.74 Å². The summed E-state index contributed by atoms with van der Waals surface area (Å²) < 4.78 is 5.78. The maximum Gasteiger partial charge on any atom is 0.310 e. The van der Waals surface area contributed by atoms with Gasteiger partial charge in [0.1, 0.15) is 6.61 Å². The van der Waals surface area contributed by atoms with Crippen LogP contribution in [0, 0.1) is 16.7 Å². The van der Waals surface area contributed by atoms with Gasteiger partial charge in [0, 0.05) is 0 Å². The van der Waals surface area contributed by atoms with E-state index in [1.807, 2.05) is 0 Å². The molecule has 0 heterocycles. The molecule has 0 amide bonds. The number of carbonyl (C=O) groups excluding carboxylic acids is 1. The van der Waals surface area contributed by atoms with E-state index >= 15 is 0 Å². The molecular formula is C24H28O2. The van der Waals surface area contributed by atoms with E-state index in [2.05, 4.69) is 70.2 Å². The molecule has 2 aromatic rings. The van der Waals surface area contributed by atoms with E-state index in [4.69, 9.17) is 4.74 Å². The molecule has 26 heavy (non-hydrogen) atoms. The first-order valence-corrected chi connectivity index (χ1v) is 9.69. The molecule has 2 aliphatic rings. The van der Waals surface area contributed by atoms with Crippen LogP contribution < -0.4 is 0 Å². The minimum atomic E-state index is -0.0494. The van der Waals surface area contributed by atoms with Gasteiger partial charge in [0.25, 0.3) is 0 Å². The lowest BCUT2D eigenvalue weighted by molar-refractivity contribution is -0.148. The summed E-state index contributed by atoms with van der Waals surface area (Å²) in [4.78, 5) is 12.6. The number of carbonyl (C=O) groups is 1. The summed E-state index contributed by atoms with van der Waals surface area (Å²) in [5.41, 5.74) is 6.61.